The van der Waals surface area contributed by atoms with Crippen molar-refractivity contribution < 1.29 is 4.79 Å². The third-order valence-electron chi connectivity index (χ3n) is 4.27. The molecule has 2 fully saturated rings. The molecule has 0 radical (unpaired) electrons. The van der Waals surface area contributed by atoms with E-state index >= 15 is 0 Å². The van der Waals surface area contributed by atoms with E-state index in [2.05, 4.69) is 15.2 Å². The van der Waals surface area contributed by atoms with Crippen LogP contribution in [0, 0.1) is 0 Å². The SMILES string of the molecule is Nc1nc(N2CCCC(N)C2)sc1C(=O)NC1CCCC1. The van der Waals surface area contributed by atoms with Gasteiger partial charge in [0.25, 0.3) is 5.91 Å². The predicted molar refractivity (Wildman–Crippen MR) is 85.7 cm³/mol. The number of rotatable bonds is 3. The lowest BCUT2D eigenvalue weighted by Gasteiger charge is -2.30. The number of hydrogen-bond donors (Lipinski definition) is 3. The first-order valence-electron chi connectivity index (χ1n) is 7.71. The van der Waals surface area contributed by atoms with Gasteiger partial charge in [0.1, 0.15) is 10.7 Å². The van der Waals surface area contributed by atoms with E-state index in [1.807, 2.05) is 0 Å². The van der Waals surface area contributed by atoms with Gasteiger partial charge in [-0.1, -0.05) is 24.2 Å². The quantitative estimate of drug-likeness (QED) is 0.782. The van der Waals surface area contributed by atoms with Crippen molar-refractivity contribution >= 4 is 28.2 Å². The van der Waals surface area contributed by atoms with Crippen molar-refractivity contribution in [1.29, 1.82) is 0 Å². The summed E-state index contributed by atoms with van der Waals surface area (Å²) in [7, 11) is 0. The summed E-state index contributed by atoms with van der Waals surface area (Å²) in [5.74, 6) is 0.258. The molecule has 3 rings (SSSR count). The van der Waals surface area contributed by atoms with Gasteiger partial charge in [0.2, 0.25) is 0 Å². The highest BCUT2D eigenvalue weighted by atomic mass is 32.1. The third kappa shape index (κ3) is 3.29. The Bertz CT molecular complexity index is 511. The molecule has 1 atom stereocenters. The second-order valence-corrected chi connectivity index (χ2v) is 6.99. The fourth-order valence-corrected chi connectivity index (χ4v) is 4.05. The van der Waals surface area contributed by atoms with Crippen molar-refractivity contribution in [1.82, 2.24) is 10.3 Å². The molecule has 21 heavy (non-hydrogen) atoms. The van der Waals surface area contributed by atoms with E-state index in [0.717, 1.165) is 43.9 Å². The van der Waals surface area contributed by atoms with Crippen molar-refractivity contribution in [2.75, 3.05) is 23.7 Å². The summed E-state index contributed by atoms with van der Waals surface area (Å²) in [6.07, 6.45) is 6.63. The Morgan fingerprint density at radius 3 is 2.76 bits per heavy atom. The van der Waals surface area contributed by atoms with Crippen LogP contribution in [0.25, 0.3) is 0 Å². The normalized spacial score (nSPS) is 23.5. The van der Waals surface area contributed by atoms with Gasteiger partial charge < -0.3 is 21.7 Å². The summed E-state index contributed by atoms with van der Waals surface area (Å²) in [6.45, 7) is 1.72. The van der Waals surface area contributed by atoms with E-state index in [-0.39, 0.29) is 11.9 Å². The molecule has 5 N–H and O–H groups in total. The van der Waals surface area contributed by atoms with Gasteiger partial charge >= 0.3 is 0 Å². The Hall–Kier alpha value is -1.34. The smallest absolute Gasteiger partial charge is 0.265 e. The molecule has 0 bridgehead atoms. The summed E-state index contributed by atoms with van der Waals surface area (Å²) in [5, 5.41) is 3.89. The van der Waals surface area contributed by atoms with Crippen LogP contribution in [0.4, 0.5) is 10.9 Å². The van der Waals surface area contributed by atoms with Gasteiger partial charge in [0.15, 0.2) is 5.13 Å². The van der Waals surface area contributed by atoms with Crippen LogP contribution < -0.4 is 21.7 Å². The van der Waals surface area contributed by atoms with Gasteiger partial charge in [-0.3, -0.25) is 4.79 Å². The van der Waals surface area contributed by atoms with Gasteiger partial charge in [-0.05, 0) is 25.7 Å². The topological polar surface area (TPSA) is 97.3 Å². The molecule has 7 heteroatoms. The Balaban J connectivity index is 1.69. The molecule has 116 valence electrons. The molecule has 2 aliphatic rings. The standard InChI is InChI=1S/C14H23N5OS/c15-9-4-3-7-19(8-9)14-18-12(16)11(21-14)13(20)17-10-5-1-2-6-10/h9-10H,1-8,15-16H2,(H,17,20). The summed E-state index contributed by atoms with van der Waals surface area (Å²) < 4.78 is 0. The molecule has 1 amide bonds. The molecule has 0 aromatic carbocycles. The zero-order chi connectivity index (χ0) is 14.8. The lowest BCUT2D eigenvalue weighted by molar-refractivity contribution is 0.0942. The van der Waals surface area contributed by atoms with Crippen LogP contribution in [0.15, 0.2) is 0 Å². The second-order valence-electron chi connectivity index (χ2n) is 6.01. The van der Waals surface area contributed by atoms with E-state index in [4.69, 9.17) is 11.5 Å². The van der Waals surface area contributed by atoms with Crippen LogP contribution in [0.2, 0.25) is 0 Å². The van der Waals surface area contributed by atoms with Crippen molar-refractivity contribution in [2.24, 2.45) is 5.73 Å². The second kappa shape index (κ2) is 6.19. The first-order valence-corrected chi connectivity index (χ1v) is 8.53. The molecule has 1 aromatic rings. The van der Waals surface area contributed by atoms with Crippen LogP contribution in [0.3, 0.4) is 0 Å². The first kappa shape index (κ1) is 14.6. The number of carbonyl (C=O) groups excluding carboxylic acids is 1. The average Bonchev–Trinajstić information content (AvgIpc) is 3.08. The van der Waals surface area contributed by atoms with Crippen molar-refractivity contribution in [3.63, 3.8) is 0 Å². The number of aromatic nitrogens is 1. The number of nitrogen functional groups attached to an aromatic ring is 1. The number of nitrogens with one attached hydrogen (secondary N) is 1. The van der Waals surface area contributed by atoms with E-state index in [0.29, 0.717) is 16.7 Å². The number of anilines is 2. The van der Waals surface area contributed by atoms with E-state index in [1.165, 1.54) is 24.2 Å². The van der Waals surface area contributed by atoms with Gasteiger partial charge in [0.05, 0.1) is 0 Å². The molecule has 1 saturated heterocycles. The van der Waals surface area contributed by atoms with E-state index in [1.54, 1.807) is 0 Å². The Labute approximate surface area is 128 Å². The fraction of sp³-hybridized carbons (Fsp3) is 0.714. The van der Waals surface area contributed by atoms with Crippen LogP contribution in [-0.2, 0) is 0 Å². The minimum Gasteiger partial charge on any atom is -0.382 e. The van der Waals surface area contributed by atoms with Gasteiger partial charge in [0, 0.05) is 25.2 Å². The molecule has 2 heterocycles. The highest BCUT2D eigenvalue weighted by Crippen LogP contribution is 2.30. The summed E-state index contributed by atoms with van der Waals surface area (Å²) in [4.78, 5) is 19.4. The Morgan fingerprint density at radius 2 is 2.05 bits per heavy atom. The maximum Gasteiger partial charge on any atom is 0.265 e. The van der Waals surface area contributed by atoms with Crippen LogP contribution in [0.5, 0.6) is 0 Å². The molecule has 0 spiro atoms. The number of carbonyl (C=O) groups is 1. The van der Waals surface area contributed by atoms with E-state index < -0.39 is 0 Å². The van der Waals surface area contributed by atoms with Crippen LogP contribution in [0.1, 0.15) is 48.2 Å². The molecule has 1 saturated carbocycles. The maximum absolute atomic E-state index is 12.3. The molecule has 1 aromatic heterocycles. The zero-order valence-corrected chi connectivity index (χ0v) is 13.0. The number of nitrogens with zero attached hydrogens (tertiary/aromatic N) is 2. The van der Waals surface area contributed by atoms with Crippen LogP contribution in [-0.4, -0.2) is 36.1 Å². The first-order chi connectivity index (χ1) is 10.1. The zero-order valence-electron chi connectivity index (χ0n) is 12.2. The van der Waals surface area contributed by atoms with Crippen molar-refractivity contribution in [3.8, 4) is 0 Å². The van der Waals surface area contributed by atoms with Gasteiger partial charge in [-0.2, -0.15) is 0 Å². The average molecular weight is 309 g/mol. The van der Waals surface area contributed by atoms with Gasteiger partial charge in [-0.15, -0.1) is 0 Å². The van der Waals surface area contributed by atoms with Crippen molar-refractivity contribution in [2.45, 2.75) is 50.6 Å². The lowest BCUT2D eigenvalue weighted by Crippen LogP contribution is -2.42. The lowest BCUT2D eigenvalue weighted by atomic mass is 10.1. The van der Waals surface area contributed by atoms with Crippen LogP contribution >= 0.6 is 11.3 Å². The Kier molecular flexibility index (Phi) is 4.30. The predicted octanol–water partition coefficient (Wildman–Crippen LogP) is 1.33. The van der Waals surface area contributed by atoms with Gasteiger partial charge in [-0.25, -0.2) is 4.98 Å². The number of piperidine rings is 1. The highest BCUT2D eigenvalue weighted by Gasteiger charge is 2.25. The molecule has 6 nitrogen and oxygen atoms in total. The number of thiazole rings is 1. The molecular weight excluding hydrogens is 286 g/mol. The molecule has 1 aliphatic carbocycles. The Morgan fingerprint density at radius 1 is 1.29 bits per heavy atom. The minimum absolute atomic E-state index is 0.0792. The summed E-state index contributed by atoms with van der Waals surface area (Å²) >= 11 is 1.38. The minimum atomic E-state index is -0.0792. The largest absolute Gasteiger partial charge is 0.382 e. The molecular formula is C14H23N5OS. The maximum atomic E-state index is 12.3. The number of amides is 1. The molecule has 1 aliphatic heterocycles. The summed E-state index contributed by atoms with van der Waals surface area (Å²) in [6, 6.07) is 0.477. The van der Waals surface area contributed by atoms with Crippen molar-refractivity contribution in [3.05, 3.63) is 4.88 Å². The molecule has 1 unspecified atom stereocenters. The third-order valence-corrected chi connectivity index (χ3v) is 5.40. The monoisotopic (exact) mass is 309 g/mol. The fourth-order valence-electron chi connectivity index (χ4n) is 3.12. The summed E-state index contributed by atoms with van der Waals surface area (Å²) in [5.41, 5.74) is 11.9. The van der Waals surface area contributed by atoms with E-state index in [9.17, 15) is 4.79 Å². The highest BCUT2D eigenvalue weighted by molar-refractivity contribution is 7.18. The number of hydrogen-bond acceptors (Lipinski definition) is 6. The number of nitrogens with two attached hydrogens (primary N) is 2.